The Labute approximate surface area is 146 Å². The number of carbonyl (C=O) groups is 1. The van der Waals surface area contributed by atoms with Gasteiger partial charge in [-0.2, -0.15) is 0 Å². The van der Waals surface area contributed by atoms with Gasteiger partial charge in [-0.3, -0.25) is 9.78 Å². The first-order valence-electron chi connectivity index (χ1n) is 8.26. The second kappa shape index (κ2) is 7.77. The third kappa shape index (κ3) is 3.78. The summed E-state index contributed by atoms with van der Waals surface area (Å²) < 4.78 is 0. The molecule has 1 heterocycles. The molecule has 0 bridgehead atoms. The standard InChI is InChI=1S/C20H21N3O2/c1-14-17(20(25)22-11-12-24)8-3-9-18(14)23-13-16-6-2-5-15-7-4-10-21-19(15)16/h2-10,23-24H,11-13H2,1H3,(H,22,25). The van der Waals surface area contributed by atoms with Gasteiger partial charge in [-0.05, 0) is 36.2 Å². The van der Waals surface area contributed by atoms with Crippen LogP contribution >= 0.6 is 0 Å². The minimum absolute atomic E-state index is 0.0726. The highest BCUT2D eigenvalue weighted by Gasteiger charge is 2.11. The van der Waals surface area contributed by atoms with Crippen LogP contribution in [0.3, 0.4) is 0 Å². The Morgan fingerprint density at radius 2 is 1.92 bits per heavy atom. The fourth-order valence-electron chi connectivity index (χ4n) is 2.84. The van der Waals surface area contributed by atoms with Crippen molar-refractivity contribution >= 4 is 22.5 Å². The Morgan fingerprint density at radius 1 is 1.12 bits per heavy atom. The molecule has 0 aliphatic heterocycles. The van der Waals surface area contributed by atoms with Gasteiger partial charge < -0.3 is 15.7 Å². The Hall–Kier alpha value is -2.92. The van der Waals surface area contributed by atoms with E-state index in [0.29, 0.717) is 12.1 Å². The van der Waals surface area contributed by atoms with E-state index in [1.165, 1.54) is 0 Å². The molecule has 2 aromatic carbocycles. The Kier molecular flexibility index (Phi) is 5.26. The zero-order valence-electron chi connectivity index (χ0n) is 14.1. The molecule has 1 aromatic heterocycles. The number of nitrogens with one attached hydrogen (secondary N) is 2. The lowest BCUT2D eigenvalue weighted by Gasteiger charge is -2.14. The summed E-state index contributed by atoms with van der Waals surface area (Å²) in [6.07, 6.45) is 1.79. The first-order chi connectivity index (χ1) is 12.2. The third-order valence-corrected chi connectivity index (χ3v) is 4.16. The molecule has 0 atom stereocenters. The summed E-state index contributed by atoms with van der Waals surface area (Å²) in [5.74, 6) is -0.179. The Bertz CT molecular complexity index is 888. The van der Waals surface area contributed by atoms with E-state index in [0.717, 1.165) is 27.7 Å². The first kappa shape index (κ1) is 16.9. The van der Waals surface area contributed by atoms with E-state index in [-0.39, 0.29) is 19.1 Å². The maximum absolute atomic E-state index is 12.2. The number of hydrogen-bond acceptors (Lipinski definition) is 4. The van der Waals surface area contributed by atoms with Crippen molar-refractivity contribution in [2.45, 2.75) is 13.5 Å². The van der Waals surface area contributed by atoms with Gasteiger partial charge in [0.1, 0.15) is 0 Å². The van der Waals surface area contributed by atoms with Crippen LogP contribution in [0.2, 0.25) is 0 Å². The van der Waals surface area contributed by atoms with Crippen LogP contribution in [0.4, 0.5) is 5.69 Å². The van der Waals surface area contributed by atoms with Gasteiger partial charge in [-0.25, -0.2) is 0 Å². The molecule has 0 aliphatic carbocycles. The minimum atomic E-state index is -0.179. The fraction of sp³-hybridized carbons (Fsp3) is 0.200. The Morgan fingerprint density at radius 3 is 2.76 bits per heavy atom. The molecule has 0 aliphatic rings. The summed E-state index contributed by atoms with van der Waals surface area (Å²) in [6.45, 7) is 2.71. The maximum atomic E-state index is 12.2. The van der Waals surface area contributed by atoms with E-state index in [1.54, 1.807) is 12.3 Å². The number of pyridine rings is 1. The number of aliphatic hydroxyl groups is 1. The largest absolute Gasteiger partial charge is 0.395 e. The van der Waals surface area contributed by atoms with Crippen LogP contribution in [-0.2, 0) is 6.54 Å². The quantitative estimate of drug-likeness (QED) is 0.647. The number of anilines is 1. The topological polar surface area (TPSA) is 74.2 Å². The number of aromatic nitrogens is 1. The number of para-hydroxylation sites is 1. The van der Waals surface area contributed by atoms with E-state index in [1.807, 2.05) is 43.3 Å². The molecule has 3 rings (SSSR count). The number of amides is 1. The highest BCUT2D eigenvalue weighted by atomic mass is 16.3. The van der Waals surface area contributed by atoms with Crippen molar-refractivity contribution in [3.8, 4) is 0 Å². The van der Waals surface area contributed by atoms with Gasteiger partial charge in [-0.1, -0.05) is 30.3 Å². The van der Waals surface area contributed by atoms with Crippen molar-refractivity contribution in [1.82, 2.24) is 10.3 Å². The summed E-state index contributed by atoms with van der Waals surface area (Å²) in [4.78, 5) is 16.6. The van der Waals surface area contributed by atoms with Crippen molar-refractivity contribution in [1.29, 1.82) is 0 Å². The van der Waals surface area contributed by atoms with Gasteiger partial charge in [0.2, 0.25) is 0 Å². The van der Waals surface area contributed by atoms with Crippen molar-refractivity contribution in [3.05, 3.63) is 71.4 Å². The van der Waals surface area contributed by atoms with Crippen molar-refractivity contribution in [3.63, 3.8) is 0 Å². The monoisotopic (exact) mass is 335 g/mol. The molecule has 0 saturated heterocycles. The molecular weight excluding hydrogens is 314 g/mol. The molecule has 5 nitrogen and oxygen atoms in total. The normalized spacial score (nSPS) is 10.6. The number of hydrogen-bond donors (Lipinski definition) is 3. The smallest absolute Gasteiger partial charge is 0.251 e. The van der Waals surface area contributed by atoms with Crippen LogP contribution in [-0.4, -0.2) is 29.1 Å². The van der Waals surface area contributed by atoms with Gasteiger partial charge in [0.05, 0.1) is 12.1 Å². The van der Waals surface area contributed by atoms with Crippen molar-refractivity contribution in [2.75, 3.05) is 18.5 Å². The number of aliphatic hydroxyl groups excluding tert-OH is 1. The molecule has 1 amide bonds. The lowest BCUT2D eigenvalue weighted by molar-refractivity contribution is 0.0944. The van der Waals surface area contributed by atoms with Gasteiger partial charge in [0.25, 0.3) is 5.91 Å². The molecule has 3 aromatic rings. The van der Waals surface area contributed by atoms with E-state index in [4.69, 9.17) is 5.11 Å². The van der Waals surface area contributed by atoms with Gasteiger partial charge in [0.15, 0.2) is 0 Å². The van der Waals surface area contributed by atoms with Crippen LogP contribution in [0, 0.1) is 6.92 Å². The molecule has 128 valence electrons. The molecule has 25 heavy (non-hydrogen) atoms. The number of fused-ring (bicyclic) bond motifs is 1. The predicted octanol–water partition coefficient (Wildman–Crippen LogP) is 2.88. The molecule has 0 unspecified atom stereocenters. The van der Waals surface area contributed by atoms with E-state index >= 15 is 0 Å². The highest BCUT2D eigenvalue weighted by molar-refractivity contribution is 5.97. The first-order valence-corrected chi connectivity index (χ1v) is 8.26. The molecular formula is C20H21N3O2. The summed E-state index contributed by atoms with van der Waals surface area (Å²) in [7, 11) is 0. The number of nitrogens with zero attached hydrogens (tertiary/aromatic N) is 1. The van der Waals surface area contributed by atoms with Gasteiger partial charge in [-0.15, -0.1) is 0 Å². The lowest BCUT2D eigenvalue weighted by atomic mass is 10.1. The summed E-state index contributed by atoms with van der Waals surface area (Å²) in [5.41, 5.74) is 4.48. The maximum Gasteiger partial charge on any atom is 0.251 e. The number of carbonyl (C=O) groups excluding carboxylic acids is 1. The van der Waals surface area contributed by atoms with E-state index in [2.05, 4.69) is 21.7 Å². The fourth-order valence-corrected chi connectivity index (χ4v) is 2.84. The molecule has 0 spiro atoms. The average molecular weight is 335 g/mol. The van der Waals surface area contributed by atoms with Gasteiger partial charge >= 0.3 is 0 Å². The minimum Gasteiger partial charge on any atom is -0.395 e. The van der Waals surface area contributed by atoms with E-state index in [9.17, 15) is 4.79 Å². The third-order valence-electron chi connectivity index (χ3n) is 4.16. The lowest BCUT2D eigenvalue weighted by Crippen LogP contribution is -2.27. The van der Waals surface area contributed by atoms with Gasteiger partial charge in [0, 0.05) is 35.9 Å². The number of rotatable bonds is 6. The van der Waals surface area contributed by atoms with E-state index < -0.39 is 0 Å². The summed E-state index contributed by atoms with van der Waals surface area (Å²) >= 11 is 0. The Balaban J connectivity index is 1.80. The second-order valence-corrected chi connectivity index (χ2v) is 5.80. The van der Waals surface area contributed by atoms with Crippen molar-refractivity contribution in [2.24, 2.45) is 0 Å². The number of benzene rings is 2. The summed E-state index contributed by atoms with van der Waals surface area (Å²) in [5, 5.41) is 16.0. The van der Waals surface area contributed by atoms with Crippen molar-refractivity contribution < 1.29 is 9.90 Å². The predicted molar refractivity (Wildman–Crippen MR) is 99.7 cm³/mol. The SMILES string of the molecule is Cc1c(NCc2cccc3cccnc23)cccc1C(=O)NCCO. The molecule has 5 heteroatoms. The zero-order chi connectivity index (χ0) is 17.6. The average Bonchev–Trinajstić information content (AvgIpc) is 2.65. The van der Waals surface area contributed by atoms with Crippen LogP contribution < -0.4 is 10.6 Å². The zero-order valence-corrected chi connectivity index (χ0v) is 14.1. The summed E-state index contributed by atoms with van der Waals surface area (Å²) in [6, 6.07) is 15.7. The van der Waals surface area contributed by atoms with Crippen LogP contribution in [0.15, 0.2) is 54.7 Å². The highest BCUT2D eigenvalue weighted by Crippen LogP contribution is 2.22. The molecule has 0 fully saturated rings. The molecule has 3 N–H and O–H groups in total. The molecule has 0 saturated carbocycles. The van der Waals surface area contributed by atoms with Crippen LogP contribution in [0.5, 0.6) is 0 Å². The second-order valence-electron chi connectivity index (χ2n) is 5.80. The van der Waals surface area contributed by atoms with Crippen LogP contribution in [0.1, 0.15) is 21.5 Å². The van der Waals surface area contributed by atoms with Crippen LogP contribution in [0.25, 0.3) is 10.9 Å². The molecule has 0 radical (unpaired) electrons.